The number of aliphatic hydroxyl groups excluding tert-OH is 1. The minimum absolute atomic E-state index is 0.179. The molecule has 4 aliphatic carbocycles. The molecule has 0 aliphatic heterocycles. The molecule has 4 aliphatic rings. The van der Waals surface area contributed by atoms with Gasteiger partial charge in [0.1, 0.15) is 0 Å². The summed E-state index contributed by atoms with van der Waals surface area (Å²) in [7, 11) is 0. The number of nitrogens with two attached hydrogens (primary N) is 1. The molecule has 1 atom stereocenters. The molecule has 4 rings (SSSR count). The summed E-state index contributed by atoms with van der Waals surface area (Å²) in [6, 6.07) is 0. The highest BCUT2D eigenvalue weighted by Gasteiger charge is 2.54. The van der Waals surface area contributed by atoms with Gasteiger partial charge in [0.25, 0.3) is 0 Å². The Bertz CT molecular complexity index is 286. The fraction of sp³-hybridized carbons (Fsp3) is 1.00. The first-order valence-electron chi connectivity index (χ1n) is 7.91. The van der Waals surface area contributed by atoms with Gasteiger partial charge in [-0.3, -0.25) is 0 Å². The molecule has 0 amide bonds. The molecular weight excluding hydrogens is 222 g/mol. The van der Waals surface area contributed by atoms with Crippen LogP contribution in [0.1, 0.15) is 52.4 Å². The van der Waals surface area contributed by atoms with Crippen molar-refractivity contribution in [1.82, 2.24) is 0 Å². The van der Waals surface area contributed by atoms with Crippen molar-refractivity contribution < 1.29 is 5.11 Å². The first-order valence-corrected chi connectivity index (χ1v) is 7.91. The maximum absolute atomic E-state index is 9.89. The van der Waals surface area contributed by atoms with Gasteiger partial charge in [-0.1, -0.05) is 13.8 Å². The third kappa shape index (κ3) is 2.02. The fourth-order valence-corrected chi connectivity index (χ4v) is 5.93. The minimum Gasteiger partial charge on any atom is -0.394 e. The lowest BCUT2D eigenvalue weighted by atomic mass is 9.48. The lowest BCUT2D eigenvalue weighted by molar-refractivity contribution is -0.0848. The van der Waals surface area contributed by atoms with Crippen molar-refractivity contribution in [1.29, 1.82) is 0 Å². The Labute approximate surface area is 111 Å². The van der Waals surface area contributed by atoms with E-state index in [0.717, 1.165) is 30.1 Å². The van der Waals surface area contributed by atoms with Gasteiger partial charge in [-0.15, -0.1) is 0 Å². The average Bonchev–Trinajstić information content (AvgIpc) is 2.26. The van der Waals surface area contributed by atoms with E-state index in [2.05, 4.69) is 13.8 Å². The molecule has 0 aromatic rings. The van der Waals surface area contributed by atoms with Crippen molar-refractivity contribution in [2.45, 2.75) is 57.9 Å². The van der Waals surface area contributed by atoms with E-state index in [1.807, 2.05) is 0 Å². The number of hydrogen-bond acceptors (Lipinski definition) is 2. The van der Waals surface area contributed by atoms with E-state index >= 15 is 0 Å². The lowest BCUT2D eigenvalue weighted by Crippen LogP contribution is -2.61. The third-order valence-corrected chi connectivity index (χ3v) is 5.97. The Morgan fingerprint density at radius 3 is 1.94 bits per heavy atom. The van der Waals surface area contributed by atoms with Gasteiger partial charge in [0.15, 0.2) is 0 Å². The van der Waals surface area contributed by atoms with Crippen LogP contribution in [0.25, 0.3) is 0 Å². The van der Waals surface area contributed by atoms with Crippen LogP contribution in [0, 0.1) is 35.5 Å². The molecule has 0 radical (unpaired) electrons. The Morgan fingerprint density at radius 1 is 1.06 bits per heavy atom. The topological polar surface area (TPSA) is 46.2 Å². The number of rotatable bonds is 4. The largest absolute Gasteiger partial charge is 0.394 e. The maximum atomic E-state index is 9.89. The van der Waals surface area contributed by atoms with Crippen molar-refractivity contribution in [3.8, 4) is 0 Å². The smallest absolute Gasteiger partial charge is 0.0614 e. The predicted octanol–water partition coefficient (Wildman–Crippen LogP) is 2.79. The first kappa shape index (κ1) is 12.9. The predicted molar refractivity (Wildman–Crippen MR) is 74.0 cm³/mol. The SMILES string of the molecule is CC(C)CC(N)(CO)C1C2CC3CC(C2)CC1C3. The van der Waals surface area contributed by atoms with Crippen LogP contribution in [-0.2, 0) is 0 Å². The van der Waals surface area contributed by atoms with Crippen molar-refractivity contribution in [2.75, 3.05) is 6.61 Å². The van der Waals surface area contributed by atoms with Crippen LogP contribution < -0.4 is 5.73 Å². The van der Waals surface area contributed by atoms with Crippen molar-refractivity contribution in [3.63, 3.8) is 0 Å². The van der Waals surface area contributed by atoms with E-state index in [4.69, 9.17) is 5.73 Å². The van der Waals surface area contributed by atoms with Crippen molar-refractivity contribution in [3.05, 3.63) is 0 Å². The highest BCUT2D eigenvalue weighted by atomic mass is 16.3. The molecule has 18 heavy (non-hydrogen) atoms. The zero-order valence-corrected chi connectivity index (χ0v) is 11.9. The van der Waals surface area contributed by atoms with Crippen LogP contribution in [-0.4, -0.2) is 17.3 Å². The Morgan fingerprint density at radius 2 is 1.56 bits per heavy atom. The highest BCUT2D eigenvalue weighted by molar-refractivity contribution is 5.06. The van der Waals surface area contributed by atoms with Gasteiger partial charge in [-0.05, 0) is 74.0 Å². The maximum Gasteiger partial charge on any atom is 0.0614 e. The number of aliphatic hydroxyl groups is 1. The van der Waals surface area contributed by atoms with E-state index < -0.39 is 0 Å². The van der Waals surface area contributed by atoms with Gasteiger partial charge in [0.05, 0.1) is 6.61 Å². The van der Waals surface area contributed by atoms with Gasteiger partial charge in [-0.25, -0.2) is 0 Å². The third-order valence-electron chi connectivity index (χ3n) is 5.97. The van der Waals surface area contributed by atoms with E-state index in [9.17, 15) is 5.11 Å². The molecule has 4 fully saturated rings. The van der Waals surface area contributed by atoms with Crippen LogP contribution >= 0.6 is 0 Å². The van der Waals surface area contributed by atoms with E-state index in [-0.39, 0.29) is 12.1 Å². The Kier molecular flexibility index (Phi) is 3.22. The molecule has 2 heteroatoms. The molecule has 0 aromatic heterocycles. The second-order valence-corrected chi connectivity index (χ2v) is 7.95. The second-order valence-electron chi connectivity index (χ2n) is 7.95. The van der Waals surface area contributed by atoms with Gasteiger partial charge >= 0.3 is 0 Å². The molecule has 0 aromatic carbocycles. The van der Waals surface area contributed by atoms with Crippen molar-refractivity contribution >= 4 is 0 Å². The summed E-state index contributed by atoms with van der Waals surface area (Å²) < 4.78 is 0. The summed E-state index contributed by atoms with van der Waals surface area (Å²) in [6.07, 6.45) is 8.06. The van der Waals surface area contributed by atoms with Gasteiger partial charge in [0.2, 0.25) is 0 Å². The van der Waals surface area contributed by atoms with Crippen LogP contribution in [0.15, 0.2) is 0 Å². The minimum atomic E-state index is -0.309. The Balaban J connectivity index is 1.82. The normalized spacial score (nSPS) is 45.5. The lowest BCUT2D eigenvalue weighted by Gasteiger charge is -2.59. The average molecular weight is 251 g/mol. The van der Waals surface area contributed by atoms with Crippen molar-refractivity contribution in [2.24, 2.45) is 41.2 Å². The van der Waals surface area contributed by atoms with Gasteiger partial charge in [-0.2, -0.15) is 0 Å². The molecule has 2 nitrogen and oxygen atoms in total. The zero-order valence-electron chi connectivity index (χ0n) is 11.9. The molecule has 3 N–H and O–H groups in total. The standard InChI is InChI=1S/C16H29NO/c1-10(2)8-16(17,9-18)15-13-4-11-3-12(6-13)7-14(15)5-11/h10-15,18H,3-9,17H2,1-2H3. The summed E-state index contributed by atoms with van der Waals surface area (Å²) >= 11 is 0. The first-order chi connectivity index (χ1) is 8.51. The monoisotopic (exact) mass is 251 g/mol. The fourth-order valence-electron chi connectivity index (χ4n) is 5.93. The van der Waals surface area contributed by atoms with E-state index in [1.54, 1.807) is 0 Å². The summed E-state index contributed by atoms with van der Waals surface area (Å²) in [5, 5.41) is 9.89. The van der Waals surface area contributed by atoms with Crippen LogP contribution in [0.2, 0.25) is 0 Å². The molecule has 4 saturated carbocycles. The Hall–Kier alpha value is -0.0800. The zero-order chi connectivity index (χ0) is 12.9. The molecule has 0 saturated heterocycles. The van der Waals surface area contributed by atoms with Crippen LogP contribution in [0.3, 0.4) is 0 Å². The molecular formula is C16H29NO. The summed E-state index contributed by atoms with van der Waals surface area (Å²) in [5.74, 6) is 4.79. The molecule has 1 unspecified atom stereocenters. The van der Waals surface area contributed by atoms with Crippen LogP contribution in [0.5, 0.6) is 0 Å². The summed E-state index contributed by atoms with van der Waals surface area (Å²) in [5.41, 5.74) is 6.36. The van der Waals surface area contributed by atoms with Gasteiger partial charge < -0.3 is 10.8 Å². The van der Waals surface area contributed by atoms with Crippen LogP contribution in [0.4, 0.5) is 0 Å². The van der Waals surface area contributed by atoms with Gasteiger partial charge in [0, 0.05) is 5.54 Å². The molecule has 0 heterocycles. The molecule has 104 valence electrons. The van der Waals surface area contributed by atoms with E-state index in [0.29, 0.717) is 11.8 Å². The molecule has 0 spiro atoms. The summed E-state index contributed by atoms with van der Waals surface area (Å²) in [6.45, 7) is 4.64. The highest BCUT2D eigenvalue weighted by Crippen LogP contribution is 2.59. The quantitative estimate of drug-likeness (QED) is 0.807. The molecule has 4 bridgehead atoms. The second kappa shape index (κ2) is 4.49. The number of hydrogen-bond donors (Lipinski definition) is 2. The van der Waals surface area contributed by atoms with E-state index in [1.165, 1.54) is 32.1 Å². The summed E-state index contributed by atoms with van der Waals surface area (Å²) in [4.78, 5) is 0.